The van der Waals surface area contributed by atoms with Crippen LogP contribution in [0.2, 0.25) is 0 Å². The molecule has 6 heteroatoms. The summed E-state index contributed by atoms with van der Waals surface area (Å²) in [5, 5.41) is 7.09. The fourth-order valence-corrected chi connectivity index (χ4v) is 11.4. The molecule has 0 unspecified atom stereocenters. The number of rotatable bonds is 6. The Bertz CT molecular complexity index is 4190. The Morgan fingerprint density at radius 1 is 0.214 bits per heavy atom. The van der Waals surface area contributed by atoms with Crippen LogP contribution in [0.15, 0.2) is 243 Å². The van der Waals surface area contributed by atoms with Gasteiger partial charge in [-0.05, 0) is 150 Å². The zero-order chi connectivity index (χ0) is 45.9. The van der Waals surface area contributed by atoms with E-state index in [9.17, 15) is 0 Å². The van der Waals surface area contributed by atoms with Crippen LogP contribution in [-0.2, 0) is 0 Å². The minimum absolute atomic E-state index is 1.01. The Morgan fingerprint density at radius 3 is 1.04 bits per heavy atom. The first kappa shape index (κ1) is 38.6. The summed E-state index contributed by atoms with van der Waals surface area (Å²) in [6.45, 7) is 0. The van der Waals surface area contributed by atoms with Gasteiger partial charge < -0.3 is 18.3 Å². The van der Waals surface area contributed by atoms with Gasteiger partial charge >= 0.3 is 0 Å². The highest BCUT2D eigenvalue weighted by atomic mass is 15.0. The molecule has 0 amide bonds. The van der Waals surface area contributed by atoms with Crippen molar-refractivity contribution in [2.75, 3.05) is 0 Å². The summed E-state index contributed by atoms with van der Waals surface area (Å²) in [5.41, 5.74) is 20.3. The van der Waals surface area contributed by atoms with Crippen molar-refractivity contribution < 1.29 is 0 Å². The number of fused-ring (bicyclic) bond motifs is 12. The van der Waals surface area contributed by atoms with E-state index in [1.165, 1.54) is 54.8 Å². The Balaban J connectivity index is 0.897. The number of nitrogens with zero attached hydrogens (tertiary/aromatic N) is 6. The van der Waals surface area contributed by atoms with Crippen LogP contribution in [0.5, 0.6) is 0 Å². The monoisotopic (exact) mass is 892 g/mol. The van der Waals surface area contributed by atoms with Gasteiger partial charge in [0.1, 0.15) is 0 Å². The van der Waals surface area contributed by atoms with Gasteiger partial charge in [0, 0.05) is 67.5 Å². The molecule has 0 spiro atoms. The molecule has 0 bridgehead atoms. The van der Waals surface area contributed by atoms with Crippen LogP contribution in [0.1, 0.15) is 0 Å². The summed E-state index contributed by atoms with van der Waals surface area (Å²) in [5.74, 6) is 0. The zero-order valence-electron chi connectivity index (χ0n) is 37.8. The highest BCUT2D eigenvalue weighted by Crippen LogP contribution is 2.41. The van der Waals surface area contributed by atoms with Crippen molar-refractivity contribution in [3.05, 3.63) is 243 Å². The topological polar surface area (TPSA) is 45.5 Å². The smallest absolute Gasteiger partial charge is 0.0963 e. The Kier molecular flexibility index (Phi) is 8.26. The van der Waals surface area contributed by atoms with Crippen molar-refractivity contribution in [1.82, 2.24) is 28.2 Å². The lowest BCUT2D eigenvalue weighted by atomic mass is 9.97. The molecule has 6 aromatic heterocycles. The lowest BCUT2D eigenvalue weighted by molar-refractivity contribution is 1.16. The Hall–Kier alpha value is -9.52. The van der Waals surface area contributed by atoms with E-state index in [0.717, 1.165) is 77.7 Å². The van der Waals surface area contributed by atoms with Gasteiger partial charge in [-0.15, -0.1) is 0 Å². The molecule has 6 nitrogen and oxygen atoms in total. The van der Waals surface area contributed by atoms with Crippen LogP contribution >= 0.6 is 0 Å². The van der Waals surface area contributed by atoms with Crippen LogP contribution in [-0.4, -0.2) is 28.2 Å². The Labute approximate surface area is 401 Å². The maximum Gasteiger partial charge on any atom is 0.0963 e. The number of benzene rings is 9. The highest BCUT2D eigenvalue weighted by Gasteiger charge is 2.20. The molecule has 0 aliphatic heterocycles. The molecule has 15 aromatic rings. The third kappa shape index (κ3) is 5.68. The largest absolute Gasteiger partial charge is 0.309 e. The summed E-state index contributed by atoms with van der Waals surface area (Å²) in [6, 6.07) is 83.7. The third-order valence-corrected chi connectivity index (χ3v) is 14.4. The molecule has 9 aromatic carbocycles. The first-order chi connectivity index (χ1) is 34.7. The second kappa shape index (κ2) is 15.0. The van der Waals surface area contributed by atoms with Gasteiger partial charge in [0.15, 0.2) is 0 Å². The summed E-state index contributed by atoms with van der Waals surface area (Å²) >= 11 is 0. The molecule has 0 aliphatic carbocycles. The number of para-hydroxylation sites is 4. The quantitative estimate of drug-likeness (QED) is 0.167. The van der Waals surface area contributed by atoms with Crippen LogP contribution in [0, 0.1) is 0 Å². The third-order valence-electron chi connectivity index (χ3n) is 14.4. The average Bonchev–Trinajstić information content (AvgIpc) is 4.16. The highest BCUT2D eigenvalue weighted by molar-refractivity contribution is 6.14. The van der Waals surface area contributed by atoms with Crippen molar-refractivity contribution in [3.8, 4) is 45.0 Å². The van der Waals surface area contributed by atoms with Gasteiger partial charge in [-0.3, -0.25) is 9.97 Å². The minimum atomic E-state index is 1.01. The van der Waals surface area contributed by atoms with Crippen molar-refractivity contribution >= 4 is 87.5 Å². The molecular weight excluding hydrogens is 853 g/mol. The molecule has 0 atom stereocenters. The van der Waals surface area contributed by atoms with Gasteiger partial charge in [0.05, 0.1) is 55.2 Å². The summed E-state index contributed by atoms with van der Waals surface area (Å²) in [6.07, 6.45) is 3.77. The van der Waals surface area contributed by atoms with Gasteiger partial charge in [-0.1, -0.05) is 103 Å². The maximum absolute atomic E-state index is 4.83. The number of hydrogen-bond donors (Lipinski definition) is 0. The van der Waals surface area contributed by atoms with Gasteiger partial charge in [-0.25, -0.2) is 0 Å². The molecule has 0 saturated heterocycles. The lowest BCUT2D eigenvalue weighted by Crippen LogP contribution is -1.95. The van der Waals surface area contributed by atoms with E-state index in [0.29, 0.717) is 0 Å². The predicted octanol–water partition coefficient (Wildman–Crippen LogP) is 16.2. The molecule has 0 radical (unpaired) electrons. The molecule has 326 valence electrons. The predicted molar refractivity (Wildman–Crippen MR) is 290 cm³/mol. The van der Waals surface area contributed by atoms with E-state index in [2.05, 4.69) is 237 Å². The van der Waals surface area contributed by atoms with E-state index in [1.807, 2.05) is 24.5 Å². The van der Waals surface area contributed by atoms with Crippen LogP contribution in [0.25, 0.3) is 132 Å². The summed E-state index contributed by atoms with van der Waals surface area (Å²) in [7, 11) is 0. The first-order valence-electron chi connectivity index (χ1n) is 23.8. The zero-order valence-corrected chi connectivity index (χ0v) is 37.8. The van der Waals surface area contributed by atoms with Crippen molar-refractivity contribution in [2.24, 2.45) is 0 Å². The summed E-state index contributed by atoms with van der Waals surface area (Å²) in [4.78, 5) is 9.66. The van der Waals surface area contributed by atoms with Crippen molar-refractivity contribution in [1.29, 1.82) is 0 Å². The second-order valence-corrected chi connectivity index (χ2v) is 18.2. The molecule has 70 heavy (non-hydrogen) atoms. The van der Waals surface area contributed by atoms with Crippen LogP contribution < -0.4 is 0 Å². The summed E-state index contributed by atoms with van der Waals surface area (Å²) < 4.78 is 9.50. The fourth-order valence-electron chi connectivity index (χ4n) is 11.4. The van der Waals surface area contributed by atoms with E-state index in [-0.39, 0.29) is 0 Å². The molecule has 0 aliphatic rings. The number of aromatic nitrogens is 6. The lowest BCUT2D eigenvalue weighted by Gasteiger charge is -2.10. The van der Waals surface area contributed by atoms with Crippen LogP contribution in [0.4, 0.5) is 0 Å². The van der Waals surface area contributed by atoms with Gasteiger partial charge in [-0.2, -0.15) is 0 Å². The number of pyridine rings is 2. The normalized spacial score (nSPS) is 12.0. The number of hydrogen-bond acceptors (Lipinski definition) is 2. The average molecular weight is 893 g/mol. The van der Waals surface area contributed by atoms with Crippen molar-refractivity contribution in [3.63, 3.8) is 0 Å². The first-order valence-corrected chi connectivity index (χ1v) is 23.8. The van der Waals surface area contributed by atoms with Gasteiger partial charge in [0.25, 0.3) is 0 Å². The molecule has 6 heterocycles. The molecule has 0 fully saturated rings. The standard InChI is InChI=1S/C64H40N6/c1-3-16-45(17-4-1)67-57-30-26-43(37-51(57)53-39-47(28-32-59(53)67)69-55-22-9-7-20-49(55)63-61(69)24-12-34-65-63)41-14-11-15-42(36-41)44-27-31-58-52(38-44)54-40-48(29-33-60(54)68(58)46-18-5-2-6-19-46)70-56-23-10-8-21-50(56)64-62(70)25-13-35-66-64/h1-40H. The molecule has 0 saturated carbocycles. The van der Waals surface area contributed by atoms with Gasteiger partial charge in [0.2, 0.25) is 0 Å². The van der Waals surface area contributed by atoms with Crippen LogP contribution in [0.3, 0.4) is 0 Å². The van der Waals surface area contributed by atoms with Crippen molar-refractivity contribution in [2.45, 2.75) is 0 Å². The maximum atomic E-state index is 4.83. The van der Waals surface area contributed by atoms with E-state index >= 15 is 0 Å². The van der Waals surface area contributed by atoms with E-state index < -0.39 is 0 Å². The Morgan fingerprint density at radius 2 is 0.571 bits per heavy atom. The fraction of sp³-hybridized carbons (Fsp3) is 0. The van der Waals surface area contributed by atoms with E-state index in [4.69, 9.17) is 9.97 Å². The second-order valence-electron chi connectivity index (χ2n) is 18.2. The molecule has 15 rings (SSSR count). The van der Waals surface area contributed by atoms with E-state index in [1.54, 1.807) is 0 Å². The molecule has 0 N–H and O–H groups in total. The molecular formula is C64H40N6. The minimum Gasteiger partial charge on any atom is -0.309 e. The SMILES string of the molecule is c1ccc(-n2c3ccc(-c4cccc(-c5ccc6c(c5)c5cc(-n7c8ccccc8c8ncccc87)ccc5n6-c5ccccc5)c4)cc3c3cc(-n4c5ccccc5c5ncccc54)ccc32)cc1.